The molecule has 56 heavy (non-hydrogen) atoms. The largest absolute Gasteiger partial charge is 0.456 e. The van der Waals surface area contributed by atoms with Crippen molar-refractivity contribution < 1.29 is 8.83 Å². The molecule has 0 aliphatic rings. The zero-order chi connectivity index (χ0) is 37.0. The summed E-state index contributed by atoms with van der Waals surface area (Å²) in [4.78, 5) is 24.1. The summed E-state index contributed by atoms with van der Waals surface area (Å²) < 4.78 is 12.4. The Balaban J connectivity index is 1.11. The molecule has 0 fully saturated rings. The summed E-state index contributed by atoms with van der Waals surface area (Å²) in [5.41, 5.74) is 11.1. The first-order chi connectivity index (χ1) is 27.7. The van der Waals surface area contributed by atoms with Crippen molar-refractivity contribution in [2.45, 2.75) is 0 Å². The average Bonchev–Trinajstić information content (AvgIpc) is 3.84. The lowest BCUT2D eigenvalue weighted by atomic mass is 9.94. The highest BCUT2D eigenvalue weighted by atomic mass is 16.3. The molecule has 0 unspecified atom stereocenters. The third-order valence-electron chi connectivity index (χ3n) is 10.2. The van der Waals surface area contributed by atoms with Gasteiger partial charge in [-0.1, -0.05) is 103 Å². The van der Waals surface area contributed by atoms with Gasteiger partial charge in [-0.05, 0) is 82.9 Å². The number of fused-ring (bicyclic) bond motifs is 6. The molecule has 0 amide bonds. The van der Waals surface area contributed by atoms with Gasteiger partial charge in [-0.15, -0.1) is 0 Å². The van der Waals surface area contributed by atoms with Gasteiger partial charge < -0.3 is 8.83 Å². The van der Waals surface area contributed by atoms with E-state index < -0.39 is 0 Å². The second-order valence-electron chi connectivity index (χ2n) is 13.7. The number of furan rings is 2. The van der Waals surface area contributed by atoms with Crippen LogP contribution in [-0.4, -0.2) is 24.9 Å². The van der Waals surface area contributed by atoms with Gasteiger partial charge in [0.1, 0.15) is 22.3 Å². The van der Waals surface area contributed by atoms with Crippen LogP contribution in [0.2, 0.25) is 0 Å². The van der Waals surface area contributed by atoms with E-state index in [4.69, 9.17) is 23.8 Å². The van der Waals surface area contributed by atoms with Gasteiger partial charge in [0.05, 0.1) is 0 Å². The number of para-hydroxylation sites is 2. The smallest absolute Gasteiger partial charge is 0.164 e. The van der Waals surface area contributed by atoms with Crippen molar-refractivity contribution in [2.24, 2.45) is 0 Å². The molecule has 0 aliphatic carbocycles. The fraction of sp³-hybridized carbons (Fsp3) is 0. The first-order valence-corrected chi connectivity index (χ1v) is 18.4. The van der Waals surface area contributed by atoms with Crippen LogP contribution in [0.1, 0.15) is 0 Å². The lowest BCUT2D eigenvalue weighted by molar-refractivity contribution is 0.668. The minimum absolute atomic E-state index is 0.567. The first-order valence-electron chi connectivity index (χ1n) is 18.4. The first kappa shape index (κ1) is 31.7. The highest BCUT2D eigenvalue weighted by molar-refractivity contribution is 6.07. The van der Waals surface area contributed by atoms with Crippen molar-refractivity contribution in [3.63, 3.8) is 0 Å². The molecule has 262 valence electrons. The SMILES string of the molecule is c1ccc(-c2nc(-c3ccc(-c4ncccn4)cc3)nc(-c3cc(-c4ccc5oc6ccccc6c5c4)cc(-c4ccc5oc6ccccc6c5c4)c3)n2)cc1. The Bertz CT molecular complexity index is 3110. The van der Waals surface area contributed by atoms with Crippen molar-refractivity contribution in [3.05, 3.63) is 176 Å². The number of hydrogen-bond acceptors (Lipinski definition) is 7. The van der Waals surface area contributed by atoms with Crippen LogP contribution >= 0.6 is 0 Å². The molecule has 0 spiro atoms. The Morgan fingerprint density at radius 2 is 0.679 bits per heavy atom. The van der Waals surface area contributed by atoms with Gasteiger partial charge in [-0.25, -0.2) is 24.9 Å². The summed E-state index contributed by atoms with van der Waals surface area (Å²) in [6.45, 7) is 0. The summed E-state index contributed by atoms with van der Waals surface area (Å²) in [6.07, 6.45) is 3.49. The van der Waals surface area contributed by atoms with Gasteiger partial charge in [0.2, 0.25) is 0 Å². The molecule has 7 nitrogen and oxygen atoms in total. The topological polar surface area (TPSA) is 90.7 Å². The van der Waals surface area contributed by atoms with Crippen LogP contribution < -0.4 is 0 Å². The van der Waals surface area contributed by atoms with Gasteiger partial charge in [0.25, 0.3) is 0 Å². The maximum atomic E-state index is 6.20. The van der Waals surface area contributed by atoms with Gasteiger partial charge in [-0.2, -0.15) is 0 Å². The monoisotopic (exact) mass is 719 g/mol. The molecule has 0 bridgehead atoms. The zero-order valence-electron chi connectivity index (χ0n) is 29.8. The Kier molecular flexibility index (Phi) is 7.35. The molecule has 0 N–H and O–H groups in total. The van der Waals surface area contributed by atoms with Crippen LogP contribution in [0, 0.1) is 0 Å². The number of hydrogen-bond donors (Lipinski definition) is 0. The van der Waals surface area contributed by atoms with Crippen LogP contribution in [0.15, 0.2) is 185 Å². The normalized spacial score (nSPS) is 11.6. The van der Waals surface area contributed by atoms with Gasteiger partial charge in [0, 0.05) is 56.2 Å². The van der Waals surface area contributed by atoms with E-state index in [1.165, 1.54) is 0 Å². The van der Waals surface area contributed by atoms with Gasteiger partial charge in [0.15, 0.2) is 23.3 Å². The predicted octanol–water partition coefficient (Wildman–Crippen LogP) is 12.5. The van der Waals surface area contributed by atoms with E-state index >= 15 is 0 Å². The Morgan fingerprint density at radius 3 is 1.23 bits per heavy atom. The Hall–Kier alpha value is -7.77. The molecule has 7 aromatic carbocycles. The molecule has 11 aromatic rings. The van der Waals surface area contributed by atoms with Crippen LogP contribution in [0.3, 0.4) is 0 Å². The Morgan fingerprint density at radius 1 is 0.268 bits per heavy atom. The minimum Gasteiger partial charge on any atom is -0.456 e. The average molecular weight is 720 g/mol. The Labute approximate surface area is 320 Å². The minimum atomic E-state index is 0.567. The van der Waals surface area contributed by atoms with E-state index in [1.807, 2.05) is 97.1 Å². The van der Waals surface area contributed by atoms with Crippen molar-refractivity contribution in [1.29, 1.82) is 0 Å². The summed E-state index contributed by atoms with van der Waals surface area (Å²) in [5, 5.41) is 4.29. The maximum Gasteiger partial charge on any atom is 0.164 e. The van der Waals surface area contributed by atoms with Crippen molar-refractivity contribution in [1.82, 2.24) is 24.9 Å². The summed E-state index contributed by atoms with van der Waals surface area (Å²) in [7, 11) is 0. The van der Waals surface area contributed by atoms with Crippen LogP contribution in [0.4, 0.5) is 0 Å². The van der Waals surface area contributed by atoms with E-state index in [9.17, 15) is 0 Å². The third kappa shape index (κ3) is 5.58. The van der Waals surface area contributed by atoms with E-state index in [2.05, 4.69) is 76.7 Å². The number of benzene rings is 7. The number of nitrogens with zero attached hydrogens (tertiary/aromatic N) is 5. The molecule has 4 heterocycles. The van der Waals surface area contributed by atoms with E-state index in [0.29, 0.717) is 23.3 Å². The molecule has 0 radical (unpaired) electrons. The van der Waals surface area contributed by atoms with Crippen molar-refractivity contribution in [3.8, 4) is 67.8 Å². The molecule has 0 saturated carbocycles. The molecule has 4 aromatic heterocycles. The summed E-state index contributed by atoms with van der Waals surface area (Å²) >= 11 is 0. The molecule has 11 rings (SSSR count). The standard InChI is InChI=1S/C49H29N5O2/c1-2-9-30(10-3-1)47-52-48(32-17-15-31(16-18-32)46-50-23-8-24-51-46)54-49(53-47)37-26-35(33-19-21-44-40(28-33)38-11-4-6-13-42(38)55-44)25-36(27-37)34-20-22-45-41(29-34)39-12-5-7-14-43(39)56-45/h1-29H. The molecule has 0 atom stereocenters. The predicted molar refractivity (Wildman–Crippen MR) is 223 cm³/mol. The second-order valence-corrected chi connectivity index (χ2v) is 13.7. The summed E-state index contributed by atoms with van der Waals surface area (Å²) in [6, 6.07) is 55.5. The lowest BCUT2D eigenvalue weighted by Crippen LogP contribution is -2.00. The van der Waals surface area contributed by atoms with Crippen molar-refractivity contribution in [2.75, 3.05) is 0 Å². The van der Waals surface area contributed by atoms with Gasteiger partial charge in [-0.3, -0.25) is 0 Å². The molecular formula is C49H29N5O2. The van der Waals surface area contributed by atoms with Crippen LogP contribution in [0.5, 0.6) is 0 Å². The fourth-order valence-corrected chi connectivity index (χ4v) is 7.47. The molecule has 0 saturated heterocycles. The third-order valence-corrected chi connectivity index (χ3v) is 10.2. The van der Waals surface area contributed by atoms with Crippen LogP contribution in [-0.2, 0) is 0 Å². The quantitative estimate of drug-likeness (QED) is 0.169. The van der Waals surface area contributed by atoms with Crippen LogP contribution in [0.25, 0.3) is 112 Å². The second kappa shape index (κ2) is 13.0. The fourth-order valence-electron chi connectivity index (χ4n) is 7.47. The highest BCUT2D eigenvalue weighted by Gasteiger charge is 2.17. The number of rotatable bonds is 6. The molecule has 7 heteroatoms. The highest BCUT2D eigenvalue weighted by Crippen LogP contribution is 2.38. The maximum absolute atomic E-state index is 6.20. The lowest BCUT2D eigenvalue weighted by Gasteiger charge is -2.13. The van der Waals surface area contributed by atoms with E-state index in [1.54, 1.807) is 12.4 Å². The molecular weight excluding hydrogens is 691 g/mol. The van der Waals surface area contributed by atoms with E-state index in [0.717, 1.165) is 88.4 Å². The summed E-state index contributed by atoms with van der Waals surface area (Å²) in [5.74, 6) is 2.38. The van der Waals surface area contributed by atoms with Gasteiger partial charge >= 0.3 is 0 Å². The molecule has 0 aliphatic heterocycles. The number of aromatic nitrogens is 5. The van der Waals surface area contributed by atoms with E-state index in [-0.39, 0.29) is 0 Å². The zero-order valence-corrected chi connectivity index (χ0v) is 29.8. The van der Waals surface area contributed by atoms with Crippen molar-refractivity contribution >= 4 is 43.9 Å².